The van der Waals surface area contributed by atoms with Gasteiger partial charge in [0.05, 0.1) is 6.54 Å². The van der Waals surface area contributed by atoms with Crippen LogP contribution in [0.5, 0.6) is 0 Å². The van der Waals surface area contributed by atoms with Crippen molar-refractivity contribution in [3.05, 3.63) is 131 Å². The third-order valence-electron chi connectivity index (χ3n) is 4.84. The second-order valence-electron chi connectivity index (χ2n) is 7.08. The SMILES string of the molecule is NC(=NC(=NCc1cccc(-c2ccc(Cl)cc2)c1)c1ccccc1)c1ccccc1. The van der Waals surface area contributed by atoms with Crippen LogP contribution in [0, 0.1) is 0 Å². The molecule has 0 aliphatic rings. The van der Waals surface area contributed by atoms with Crippen LogP contribution in [-0.2, 0) is 6.54 Å². The lowest BCUT2D eigenvalue weighted by molar-refractivity contribution is 1.06. The van der Waals surface area contributed by atoms with Crippen LogP contribution in [0.25, 0.3) is 11.1 Å². The Morgan fingerprint density at radius 1 is 0.677 bits per heavy atom. The average molecular weight is 424 g/mol. The van der Waals surface area contributed by atoms with Crippen molar-refractivity contribution in [1.29, 1.82) is 0 Å². The van der Waals surface area contributed by atoms with Crippen molar-refractivity contribution in [2.75, 3.05) is 0 Å². The summed E-state index contributed by atoms with van der Waals surface area (Å²) in [6, 6.07) is 35.8. The van der Waals surface area contributed by atoms with E-state index in [1.807, 2.05) is 91.0 Å². The number of hydrogen-bond acceptors (Lipinski definition) is 1. The molecule has 0 fully saturated rings. The average Bonchev–Trinajstić information content (AvgIpc) is 2.83. The summed E-state index contributed by atoms with van der Waals surface area (Å²) in [7, 11) is 0. The van der Waals surface area contributed by atoms with E-state index in [0.717, 1.165) is 32.8 Å². The highest BCUT2D eigenvalue weighted by molar-refractivity contribution is 6.30. The fourth-order valence-electron chi connectivity index (χ4n) is 3.22. The van der Waals surface area contributed by atoms with Crippen LogP contribution in [0.4, 0.5) is 0 Å². The zero-order valence-electron chi connectivity index (χ0n) is 16.9. The molecule has 3 nitrogen and oxygen atoms in total. The summed E-state index contributed by atoms with van der Waals surface area (Å²) in [5.41, 5.74) is 11.4. The minimum absolute atomic E-state index is 0.443. The van der Waals surface area contributed by atoms with E-state index >= 15 is 0 Å². The Balaban J connectivity index is 1.64. The molecule has 0 heterocycles. The summed E-state index contributed by atoms with van der Waals surface area (Å²) in [5, 5.41) is 0.728. The molecule has 152 valence electrons. The quantitative estimate of drug-likeness (QED) is 0.294. The predicted octanol–water partition coefficient (Wildman–Crippen LogP) is 6.36. The molecule has 0 atom stereocenters. The van der Waals surface area contributed by atoms with Crippen molar-refractivity contribution >= 4 is 23.3 Å². The van der Waals surface area contributed by atoms with Crippen LogP contribution >= 0.6 is 11.6 Å². The van der Waals surface area contributed by atoms with E-state index < -0.39 is 0 Å². The Bertz CT molecular complexity index is 1200. The van der Waals surface area contributed by atoms with Crippen LogP contribution < -0.4 is 5.73 Å². The van der Waals surface area contributed by atoms with Gasteiger partial charge < -0.3 is 5.73 Å². The molecule has 4 aromatic rings. The van der Waals surface area contributed by atoms with E-state index in [2.05, 4.69) is 23.2 Å². The molecule has 0 aliphatic carbocycles. The Hall–Kier alpha value is -3.69. The molecule has 0 aliphatic heterocycles. The number of hydrogen-bond donors (Lipinski definition) is 1. The van der Waals surface area contributed by atoms with Gasteiger partial charge in [-0.15, -0.1) is 0 Å². The van der Waals surface area contributed by atoms with Crippen molar-refractivity contribution in [3.63, 3.8) is 0 Å². The Kier molecular flexibility index (Phi) is 6.56. The maximum absolute atomic E-state index is 6.27. The molecular weight excluding hydrogens is 402 g/mol. The molecule has 0 unspecified atom stereocenters. The van der Waals surface area contributed by atoms with Gasteiger partial charge >= 0.3 is 0 Å². The van der Waals surface area contributed by atoms with Crippen LogP contribution in [0.1, 0.15) is 16.7 Å². The smallest absolute Gasteiger partial charge is 0.157 e. The lowest BCUT2D eigenvalue weighted by Crippen LogP contribution is -2.16. The lowest BCUT2D eigenvalue weighted by atomic mass is 10.0. The summed E-state index contributed by atoms with van der Waals surface area (Å²) >= 11 is 6.02. The van der Waals surface area contributed by atoms with Crippen LogP contribution in [-0.4, -0.2) is 11.7 Å². The first-order valence-corrected chi connectivity index (χ1v) is 10.4. The number of rotatable bonds is 5. The molecule has 0 aromatic heterocycles. The molecule has 0 saturated heterocycles. The third kappa shape index (κ3) is 5.47. The molecule has 0 spiro atoms. The van der Waals surface area contributed by atoms with Crippen molar-refractivity contribution in [1.82, 2.24) is 0 Å². The first-order valence-electron chi connectivity index (χ1n) is 10.0. The predicted molar refractivity (Wildman–Crippen MR) is 131 cm³/mol. The van der Waals surface area contributed by atoms with Crippen LogP contribution in [0.2, 0.25) is 5.02 Å². The number of halogens is 1. The van der Waals surface area contributed by atoms with E-state index in [0.29, 0.717) is 18.2 Å². The monoisotopic (exact) mass is 423 g/mol. The van der Waals surface area contributed by atoms with Gasteiger partial charge in [0, 0.05) is 16.1 Å². The fourth-order valence-corrected chi connectivity index (χ4v) is 3.35. The summed E-state index contributed by atoms with van der Waals surface area (Å²) in [5.74, 6) is 1.05. The second-order valence-corrected chi connectivity index (χ2v) is 7.51. The van der Waals surface area contributed by atoms with Gasteiger partial charge in [-0.05, 0) is 34.9 Å². The molecule has 0 radical (unpaired) electrons. The minimum Gasteiger partial charge on any atom is -0.383 e. The topological polar surface area (TPSA) is 50.7 Å². The molecule has 0 amide bonds. The van der Waals surface area contributed by atoms with Gasteiger partial charge in [0.1, 0.15) is 5.84 Å². The van der Waals surface area contributed by atoms with Gasteiger partial charge in [0.15, 0.2) is 5.84 Å². The van der Waals surface area contributed by atoms with Crippen LogP contribution in [0.3, 0.4) is 0 Å². The molecule has 4 rings (SSSR count). The molecule has 4 heteroatoms. The fraction of sp³-hybridized carbons (Fsp3) is 0.0370. The van der Waals surface area contributed by atoms with E-state index in [4.69, 9.17) is 22.3 Å². The molecular formula is C27H22ClN3. The largest absolute Gasteiger partial charge is 0.383 e. The highest BCUT2D eigenvalue weighted by Crippen LogP contribution is 2.23. The first-order chi connectivity index (χ1) is 15.2. The van der Waals surface area contributed by atoms with Gasteiger partial charge in [0.25, 0.3) is 0 Å². The van der Waals surface area contributed by atoms with E-state index in [9.17, 15) is 0 Å². The van der Waals surface area contributed by atoms with Crippen molar-refractivity contribution in [2.24, 2.45) is 15.7 Å². The first kappa shape index (κ1) is 20.6. The van der Waals surface area contributed by atoms with E-state index in [1.54, 1.807) is 0 Å². The number of amidine groups is 2. The Morgan fingerprint density at radius 3 is 2.00 bits per heavy atom. The number of nitrogens with zero attached hydrogens (tertiary/aromatic N) is 2. The molecule has 31 heavy (non-hydrogen) atoms. The van der Waals surface area contributed by atoms with Gasteiger partial charge in [-0.3, -0.25) is 4.99 Å². The third-order valence-corrected chi connectivity index (χ3v) is 5.10. The van der Waals surface area contributed by atoms with Crippen molar-refractivity contribution in [3.8, 4) is 11.1 Å². The summed E-state index contributed by atoms with van der Waals surface area (Å²) in [4.78, 5) is 9.46. The maximum atomic E-state index is 6.27. The molecule has 4 aromatic carbocycles. The maximum Gasteiger partial charge on any atom is 0.157 e. The summed E-state index contributed by atoms with van der Waals surface area (Å²) in [6.45, 7) is 0.497. The van der Waals surface area contributed by atoms with Gasteiger partial charge in [0.2, 0.25) is 0 Å². The van der Waals surface area contributed by atoms with Gasteiger partial charge in [-0.2, -0.15) is 0 Å². The standard InChI is InChI=1S/C27H22ClN3/c28-25-16-14-21(15-17-25)24-13-7-8-20(18-24)19-30-27(23-11-5-2-6-12-23)31-26(29)22-9-3-1-4-10-22/h1-18H,19H2,(H2,29,30,31). The highest BCUT2D eigenvalue weighted by atomic mass is 35.5. The minimum atomic E-state index is 0.443. The molecule has 0 bridgehead atoms. The zero-order chi connectivity index (χ0) is 21.5. The van der Waals surface area contributed by atoms with Crippen molar-refractivity contribution < 1.29 is 0 Å². The Morgan fingerprint density at radius 2 is 1.32 bits per heavy atom. The summed E-state index contributed by atoms with van der Waals surface area (Å²) < 4.78 is 0. The number of aliphatic imine (C=N–C) groups is 2. The molecule has 0 saturated carbocycles. The number of nitrogens with two attached hydrogens (primary N) is 1. The summed E-state index contributed by atoms with van der Waals surface area (Å²) in [6.07, 6.45) is 0. The lowest BCUT2D eigenvalue weighted by Gasteiger charge is -2.07. The van der Waals surface area contributed by atoms with Gasteiger partial charge in [-0.1, -0.05) is 103 Å². The van der Waals surface area contributed by atoms with Crippen molar-refractivity contribution in [2.45, 2.75) is 6.54 Å². The Labute approximate surface area is 187 Å². The zero-order valence-corrected chi connectivity index (χ0v) is 17.7. The van der Waals surface area contributed by atoms with Crippen LogP contribution in [0.15, 0.2) is 119 Å². The highest BCUT2D eigenvalue weighted by Gasteiger charge is 2.06. The van der Waals surface area contributed by atoms with Gasteiger partial charge in [-0.25, -0.2) is 4.99 Å². The molecule has 2 N–H and O–H groups in total. The normalized spacial score (nSPS) is 12.0. The van der Waals surface area contributed by atoms with E-state index in [-0.39, 0.29) is 0 Å². The van der Waals surface area contributed by atoms with E-state index in [1.165, 1.54) is 0 Å². The second kappa shape index (κ2) is 9.88. The number of benzene rings is 4.